The predicted molar refractivity (Wildman–Crippen MR) is 78.3 cm³/mol. The molecule has 0 unspecified atom stereocenters. The molecule has 19 heavy (non-hydrogen) atoms. The SMILES string of the molecule is CCCCN(CC)c1nnc(CC)c(CC)c1C#N. The molecule has 4 heteroatoms. The number of aryl methyl sites for hydroxylation is 1. The lowest BCUT2D eigenvalue weighted by atomic mass is 10.0. The van der Waals surface area contributed by atoms with Gasteiger partial charge in [0.1, 0.15) is 11.6 Å². The number of rotatable bonds is 7. The first-order valence-corrected chi connectivity index (χ1v) is 7.26. The first kappa shape index (κ1) is 15.4. The fourth-order valence-electron chi connectivity index (χ4n) is 2.26. The van der Waals surface area contributed by atoms with Crippen LogP contribution in [-0.4, -0.2) is 23.3 Å². The Labute approximate surface area is 116 Å². The van der Waals surface area contributed by atoms with Crippen molar-refractivity contribution < 1.29 is 0 Å². The molecule has 0 atom stereocenters. The Hall–Kier alpha value is -1.63. The van der Waals surface area contributed by atoms with E-state index in [1.165, 1.54) is 0 Å². The molecular formula is C15H24N4. The van der Waals surface area contributed by atoms with Crippen molar-refractivity contribution in [2.45, 2.75) is 53.4 Å². The summed E-state index contributed by atoms with van der Waals surface area (Å²) in [6, 6.07) is 2.34. The molecule has 1 heterocycles. The molecule has 0 saturated carbocycles. The maximum atomic E-state index is 9.48. The second-order valence-corrected chi connectivity index (χ2v) is 4.58. The summed E-state index contributed by atoms with van der Waals surface area (Å²) in [5, 5.41) is 18.1. The highest BCUT2D eigenvalue weighted by Gasteiger charge is 2.18. The van der Waals surface area contributed by atoms with Crippen molar-refractivity contribution in [2.24, 2.45) is 0 Å². The van der Waals surface area contributed by atoms with Gasteiger partial charge in [-0.3, -0.25) is 0 Å². The molecule has 0 amide bonds. The fraction of sp³-hybridized carbons (Fsp3) is 0.667. The molecule has 0 bridgehead atoms. The van der Waals surface area contributed by atoms with Gasteiger partial charge in [-0.1, -0.05) is 27.2 Å². The topological polar surface area (TPSA) is 52.8 Å². The fourth-order valence-corrected chi connectivity index (χ4v) is 2.26. The van der Waals surface area contributed by atoms with Gasteiger partial charge in [0.05, 0.1) is 5.69 Å². The van der Waals surface area contributed by atoms with Crippen molar-refractivity contribution in [1.82, 2.24) is 10.2 Å². The minimum Gasteiger partial charge on any atom is -0.354 e. The van der Waals surface area contributed by atoms with Gasteiger partial charge in [-0.2, -0.15) is 10.4 Å². The third-order valence-electron chi connectivity index (χ3n) is 3.40. The molecule has 0 aromatic carbocycles. The Balaban J connectivity index is 3.23. The summed E-state index contributed by atoms with van der Waals surface area (Å²) >= 11 is 0. The normalized spacial score (nSPS) is 10.3. The lowest BCUT2D eigenvalue weighted by Crippen LogP contribution is -2.27. The Morgan fingerprint density at radius 2 is 1.84 bits per heavy atom. The second kappa shape index (κ2) is 7.73. The number of unbranched alkanes of at least 4 members (excludes halogenated alkanes) is 1. The van der Waals surface area contributed by atoms with E-state index in [4.69, 9.17) is 0 Å². The van der Waals surface area contributed by atoms with Crippen molar-refractivity contribution in [2.75, 3.05) is 18.0 Å². The van der Waals surface area contributed by atoms with Crippen molar-refractivity contribution in [3.8, 4) is 6.07 Å². The average Bonchev–Trinajstić information content (AvgIpc) is 2.46. The zero-order valence-corrected chi connectivity index (χ0v) is 12.5. The quantitative estimate of drug-likeness (QED) is 0.756. The molecule has 0 aliphatic heterocycles. The summed E-state index contributed by atoms with van der Waals surface area (Å²) in [5.74, 6) is 0.757. The van der Waals surface area contributed by atoms with Crippen molar-refractivity contribution >= 4 is 5.82 Å². The van der Waals surface area contributed by atoms with Crippen LogP contribution >= 0.6 is 0 Å². The lowest BCUT2D eigenvalue weighted by molar-refractivity contribution is 0.711. The van der Waals surface area contributed by atoms with Crippen LogP contribution in [0.25, 0.3) is 0 Å². The molecule has 4 nitrogen and oxygen atoms in total. The van der Waals surface area contributed by atoms with E-state index in [-0.39, 0.29) is 0 Å². The molecule has 1 aromatic rings. The van der Waals surface area contributed by atoms with E-state index >= 15 is 0 Å². The van der Waals surface area contributed by atoms with Crippen molar-refractivity contribution in [1.29, 1.82) is 5.26 Å². The van der Waals surface area contributed by atoms with E-state index < -0.39 is 0 Å². The number of anilines is 1. The average molecular weight is 260 g/mol. The Kier molecular flexibility index (Phi) is 6.27. The number of hydrogen-bond donors (Lipinski definition) is 0. The Morgan fingerprint density at radius 1 is 1.11 bits per heavy atom. The number of aromatic nitrogens is 2. The zero-order chi connectivity index (χ0) is 14.3. The molecule has 0 aliphatic carbocycles. The highest BCUT2D eigenvalue weighted by Crippen LogP contribution is 2.23. The van der Waals surface area contributed by atoms with Crippen LogP contribution in [0.5, 0.6) is 0 Å². The summed E-state index contributed by atoms with van der Waals surface area (Å²) in [6.07, 6.45) is 3.91. The van der Waals surface area contributed by atoms with Crippen LogP contribution < -0.4 is 4.90 Å². The summed E-state index contributed by atoms with van der Waals surface area (Å²) in [5.41, 5.74) is 2.73. The number of hydrogen-bond acceptors (Lipinski definition) is 4. The van der Waals surface area contributed by atoms with E-state index in [1.807, 2.05) is 0 Å². The zero-order valence-electron chi connectivity index (χ0n) is 12.5. The van der Waals surface area contributed by atoms with Gasteiger partial charge in [0.2, 0.25) is 0 Å². The molecule has 0 aliphatic rings. The van der Waals surface area contributed by atoms with Crippen molar-refractivity contribution in [3.63, 3.8) is 0 Å². The summed E-state index contributed by atoms with van der Waals surface area (Å²) in [6.45, 7) is 10.2. The van der Waals surface area contributed by atoms with Crippen LogP contribution in [0.1, 0.15) is 57.4 Å². The van der Waals surface area contributed by atoms with Crippen LogP contribution in [0.4, 0.5) is 5.82 Å². The molecule has 1 aromatic heterocycles. The summed E-state index contributed by atoms with van der Waals surface area (Å²) in [4.78, 5) is 2.16. The molecule has 0 radical (unpaired) electrons. The van der Waals surface area contributed by atoms with Crippen LogP contribution in [-0.2, 0) is 12.8 Å². The third-order valence-corrected chi connectivity index (χ3v) is 3.40. The number of nitriles is 1. The molecule has 0 spiro atoms. The van der Waals surface area contributed by atoms with E-state index in [0.29, 0.717) is 5.56 Å². The van der Waals surface area contributed by atoms with Gasteiger partial charge < -0.3 is 4.90 Å². The van der Waals surface area contributed by atoms with Gasteiger partial charge in [0, 0.05) is 13.1 Å². The third kappa shape index (κ3) is 3.44. The first-order valence-electron chi connectivity index (χ1n) is 7.26. The highest BCUT2D eigenvalue weighted by atomic mass is 15.3. The molecular weight excluding hydrogens is 236 g/mol. The summed E-state index contributed by atoms with van der Waals surface area (Å²) < 4.78 is 0. The van der Waals surface area contributed by atoms with E-state index in [2.05, 4.69) is 48.9 Å². The summed E-state index contributed by atoms with van der Waals surface area (Å²) in [7, 11) is 0. The minimum atomic E-state index is 0.715. The molecule has 0 N–H and O–H groups in total. The van der Waals surface area contributed by atoms with E-state index in [1.54, 1.807) is 0 Å². The number of nitrogens with zero attached hydrogens (tertiary/aromatic N) is 4. The molecule has 104 valence electrons. The Bertz CT molecular complexity index is 448. The van der Waals surface area contributed by atoms with Gasteiger partial charge in [-0.25, -0.2) is 0 Å². The van der Waals surface area contributed by atoms with Crippen LogP contribution in [0.2, 0.25) is 0 Å². The molecule has 1 rings (SSSR count). The van der Waals surface area contributed by atoms with Crippen LogP contribution in [0.3, 0.4) is 0 Å². The predicted octanol–water partition coefficient (Wildman–Crippen LogP) is 3.10. The highest BCUT2D eigenvalue weighted by molar-refractivity contribution is 5.58. The minimum absolute atomic E-state index is 0.715. The molecule has 0 fully saturated rings. The monoisotopic (exact) mass is 260 g/mol. The Morgan fingerprint density at radius 3 is 2.32 bits per heavy atom. The van der Waals surface area contributed by atoms with E-state index in [9.17, 15) is 5.26 Å². The van der Waals surface area contributed by atoms with Crippen LogP contribution in [0.15, 0.2) is 0 Å². The maximum absolute atomic E-state index is 9.48. The standard InChI is InChI=1S/C15H24N4/c1-5-9-10-19(8-4)15-13(11-16)12(6-2)14(7-3)17-18-15/h5-10H2,1-4H3. The van der Waals surface area contributed by atoms with Gasteiger partial charge in [0.25, 0.3) is 0 Å². The lowest BCUT2D eigenvalue weighted by Gasteiger charge is -2.23. The van der Waals surface area contributed by atoms with Gasteiger partial charge in [-0.05, 0) is 31.7 Å². The van der Waals surface area contributed by atoms with Gasteiger partial charge in [-0.15, -0.1) is 5.10 Å². The second-order valence-electron chi connectivity index (χ2n) is 4.58. The van der Waals surface area contributed by atoms with Crippen LogP contribution in [0, 0.1) is 11.3 Å². The van der Waals surface area contributed by atoms with Gasteiger partial charge in [0.15, 0.2) is 5.82 Å². The smallest absolute Gasteiger partial charge is 0.169 e. The van der Waals surface area contributed by atoms with E-state index in [0.717, 1.165) is 55.8 Å². The molecule has 0 saturated heterocycles. The van der Waals surface area contributed by atoms with Crippen molar-refractivity contribution in [3.05, 3.63) is 16.8 Å². The maximum Gasteiger partial charge on any atom is 0.169 e. The first-order chi connectivity index (χ1) is 9.23. The largest absolute Gasteiger partial charge is 0.354 e. The van der Waals surface area contributed by atoms with Gasteiger partial charge >= 0.3 is 0 Å².